The van der Waals surface area contributed by atoms with Crippen LogP contribution in [0.3, 0.4) is 0 Å². The molecule has 3 aliphatic rings. The van der Waals surface area contributed by atoms with E-state index in [1.165, 1.54) is 39.9 Å². The van der Waals surface area contributed by atoms with Crippen LogP contribution in [0.2, 0.25) is 0 Å². The summed E-state index contributed by atoms with van der Waals surface area (Å²) in [7, 11) is 0. The Labute approximate surface area is 571 Å². The number of pyridine rings is 1. The van der Waals surface area contributed by atoms with Crippen LogP contribution in [-0.4, -0.2) is 91.6 Å². The first-order chi connectivity index (χ1) is 42.5. The summed E-state index contributed by atoms with van der Waals surface area (Å²) in [4.78, 5) is 55.8. The van der Waals surface area contributed by atoms with E-state index in [-0.39, 0.29) is 60.8 Å². The number of hydrogen-bond donors (Lipinski definition) is 2. The molecule has 0 saturated heterocycles. The van der Waals surface area contributed by atoms with Gasteiger partial charge < -0.3 is 9.72 Å². The number of cyclic esters (lactones) is 1. The molecule has 0 aliphatic carbocycles. The van der Waals surface area contributed by atoms with Gasteiger partial charge in [0.15, 0.2) is 0 Å². The number of allylic oxidation sites excluding steroid dienone is 2. The zero-order valence-corrected chi connectivity index (χ0v) is 65.4. The van der Waals surface area contributed by atoms with E-state index in [1.54, 1.807) is 6.33 Å². The van der Waals surface area contributed by atoms with Gasteiger partial charge in [-0.15, -0.1) is 0 Å². The van der Waals surface area contributed by atoms with Gasteiger partial charge in [-0.1, -0.05) is 199 Å². The van der Waals surface area contributed by atoms with Crippen LogP contribution in [0.1, 0.15) is 269 Å². The van der Waals surface area contributed by atoms with Crippen molar-refractivity contribution in [2.45, 2.75) is 281 Å². The number of ether oxygens (including phenoxy) is 1. The number of imidazole rings is 1. The highest BCUT2D eigenvalue weighted by atomic mass is 16.5. The fraction of sp³-hybridized carbons (Fsp3) is 0.595. The predicted molar refractivity (Wildman–Crippen MR) is 398 cm³/mol. The number of carbonyl (C=O) groups excluding carboxylic acids is 1. The topological polar surface area (TPSA) is 199 Å². The number of aromatic amines is 2. The molecular weight excluding hydrogens is 1160 g/mol. The van der Waals surface area contributed by atoms with Gasteiger partial charge in [0.25, 0.3) is 0 Å². The number of nitrogens with zero attached hydrogens (tertiary/aromatic N) is 11. The summed E-state index contributed by atoms with van der Waals surface area (Å²) >= 11 is 0. The molecule has 0 radical (unpaired) electrons. The first-order valence-electron chi connectivity index (χ1n) is 33.2. The summed E-state index contributed by atoms with van der Waals surface area (Å²) in [6.07, 6.45) is 16.7. The highest BCUT2D eigenvalue weighted by Gasteiger charge is 2.29. The average molecular weight is 1290 g/mol. The standard InChI is InChI=1S/C10H15N.3C9H14N2.2C9H15N.2C8H14N2.C8H12O2/c1-8-7-9(5-6-11-8)10(2,3)4;1-7-5-8(9(2,3)4)11-6-10-7;1-7-10-6-5-8(11-7)9(2,3)4;1-7-5-6-10-8(11-7)9(2,3)4;2*1-7-8(5-6-10-7)9(2,3)4;1-6-9-5-7(10-6)8(2,3)4;1-6-5-7(10-9-6)8(2,3)4;1-8(2,3)6-4-5-7(9)10-6/h5-7H,1-4H3;3*5-6H,1-4H3;2*5H,6H2,1-4H3;2*5H,1-4H3,(H,9,10);4-6H,1-3H3. The van der Waals surface area contributed by atoms with Crippen molar-refractivity contribution in [2.75, 3.05) is 13.1 Å². The first kappa shape index (κ1) is 84.9. The third-order valence-corrected chi connectivity index (χ3v) is 14.5. The Morgan fingerprint density at radius 3 is 1.21 bits per heavy atom. The fourth-order valence-electron chi connectivity index (χ4n) is 8.71. The molecular formula is C79H127N13O2. The quantitative estimate of drug-likeness (QED) is 0.137. The van der Waals surface area contributed by atoms with E-state index >= 15 is 0 Å². The highest BCUT2D eigenvalue weighted by Crippen LogP contribution is 2.31. The largest absolute Gasteiger partial charge is 0.454 e. The predicted octanol–water partition coefficient (Wildman–Crippen LogP) is 19.3. The summed E-state index contributed by atoms with van der Waals surface area (Å²) < 4.78 is 4.98. The molecule has 1 unspecified atom stereocenters. The van der Waals surface area contributed by atoms with Crippen molar-refractivity contribution < 1.29 is 9.53 Å². The van der Waals surface area contributed by atoms with E-state index in [2.05, 4.69) is 275 Å². The molecule has 2 N–H and O–H groups in total. The number of esters is 1. The van der Waals surface area contributed by atoms with Crippen LogP contribution in [0.15, 0.2) is 113 Å². The van der Waals surface area contributed by atoms with E-state index in [0.29, 0.717) is 0 Å². The van der Waals surface area contributed by atoms with Crippen LogP contribution in [0.5, 0.6) is 0 Å². The van der Waals surface area contributed by atoms with Crippen LogP contribution in [0.4, 0.5) is 0 Å². The van der Waals surface area contributed by atoms with Crippen molar-refractivity contribution in [1.29, 1.82) is 0 Å². The van der Waals surface area contributed by atoms with Gasteiger partial charge in [-0.3, -0.25) is 20.1 Å². The maximum absolute atomic E-state index is 10.6. The maximum atomic E-state index is 10.6. The van der Waals surface area contributed by atoms with Crippen LogP contribution in [0.25, 0.3) is 0 Å². The summed E-state index contributed by atoms with van der Waals surface area (Å²) in [5.41, 5.74) is 17.0. The number of nitrogens with one attached hydrogen (secondary N) is 2. The summed E-state index contributed by atoms with van der Waals surface area (Å²) in [6, 6.07) is 12.2. The Hall–Kier alpha value is -7.16. The second-order valence-corrected chi connectivity index (χ2v) is 33.7. The Kier molecular flexibility index (Phi) is 32.1. The molecule has 0 spiro atoms. The van der Waals surface area contributed by atoms with E-state index < -0.39 is 0 Å². The van der Waals surface area contributed by atoms with Crippen molar-refractivity contribution in [2.24, 2.45) is 26.2 Å². The number of aromatic nitrogens is 11. The smallest absolute Gasteiger partial charge is 0.331 e. The lowest BCUT2D eigenvalue weighted by Crippen LogP contribution is -2.25. The van der Waals surface area contributed by atoms with Gasteiger partial charge in [-0.2, -0.15) is 5.10 Å². The molecule has 1 atom stereocenters. The number of carbonyl (C=O) groups is 1. The molecule has 15 nitrogen and oxygen atoms in total. The number of rotatable bonds is 0. The molecule has 9 heterocycles. The van der Waals surface area contributed by atoms with Crippen LogP contribution < -0.4 is 0 Å². The highest BCUT2D eigenvalue weighted by molar-refractivity contribution is 6.01. The lowest BCUT2D eigenvalue weighted by Gasteiger charge is -2.23. The first-order valence-corrected chi connectivity index (χ1v) is 33.2. The molecule has 0 bridgehead atoms. The molecule has 0 amide bonds. The van der Waals surface area contributed by atoms with Crippen molar-refractivity contribution in [3.8, 4) is 0 Å². The average Bonchev–Trinajstić information content (AvgIpc) is 2.25. The minimum atomic E-state index is -0.222. The second kappa shape index (κ2) is 35.5. The zero-order valence-electron chi connectivity index (χ0n) is 65.4. The minimum Gasteiger partial charge on any atom is -0.454 e. The van der Waals surface area contributed by atoms with Gasteiger partial charge in [-0.05, 0) is 131 Å². The Morgan fingerprint density at radius 2 is 0.957 bits per heavy atom. The number of hydrogen-bond acceptors (Lipinski definition) is 13. The lowest BCUT2D eigenvalue weighted by atomic mass is 9.84. The summed E-state index contributed by atoms with van der Waals surface area (Å²) in [5, 5.41) is 7.09. The lowest BCUT2D eigenvalue weighted by molar-refractivity contribution is -0.142. The normalized spacial score (nSPS) is 14.7. The second-order valence-electron chi connectivity index (χ2n) is 33.7. The number of aliphatic imine (C=N–C) groups is 2. The molecule has 15 heteroatoms. The Morgan fingerprint density at radius 1 is 0.457 bits per heavy atom. The molecule has 6 aromatic rings. The van der Waals surface area contributed by atoms with Gasteiger partial charge in [-0.25, -0.2) is 39.7 Å². The maximum Gasteiger partial charge on any atom is 0.331 e. The van der Waals surface area contributed by atoms with Crippen LogP contribution in [0, 0.1) is 57.8 Å². The van der Waals surface area contributed by atoms with Gasteiger partial charge >= 0.3 is 5.97 Å². The van der Waals surface area contributed by atoms with Crippen molar-refractivity contribution in [3.63, 3.8) is 0 Å². The third-order valence-electron chi connectivity index (χ3n) is 14.5. The molecule has 520 valence electrons. The van der Waals surface area contributed by atoms with Gasteiger partial charge in [0.1, 0.15) is 29.9 Å². The fourth-order valence-corrected chi connectivity index (χ4v) is 8.71. The molecule has 94 heavy (non-hydrogen) atoms. The molecule has 0 fully saturated rings. The van der Waals surface area contributed by atoms with E-state index in [4.69, 9.17) is 4.74 Å². The molecule has 3 aliphatic heterocycles. The minimum absolute atomic E-state index is 0.0304. The van der Waals surface area contributed by atoms with E-state index in [9.17, 15) is 4.79 Å². The molecule has 0 aromatic carbocycles. The number of aryl methyl sites for hydroxylation is 6. The zero-order chi connectivity index (χ0) is 72.8. The third kappa shape index (κ3) is 33.3. The Balaban J connectivity index is 0.000000529. The SMILES string of the molecule is CC(C)(C)C1C=CC(=O)O1.CC1=NCC=C1C(C)(C)C.CC1=NCC=C1C(C)(C)C.Cc1cc(C(C)(C)C)ccn1.Cc1cc(C(C)(C)C)n[nH]1.Cc1cc(C(C)(C)C)ncn1.Cc1ccnc(C(C)(C)C)n1.Cc1ncc(C(C)(C)C)[nH]1.Cc1nccc(C(C)(C)C)n1. The van der Waals surface area contributed by atoms with Crippen molar-refractivity contribution >= 4 is 17.4 Å². The monoisotopic (exact) mass is 1290 g/mol. The van der Waals surface area contributed by atoms with E-state index in [0.717, 1.165) is 70.4 Å². The number of H-pyrrole nitrogens is 2. The van der Waals surface area contributed by atoms with Gasteiger partial charge in [0, 0.05) is 115 Å². The van der Waals surface area contributed by atoms with Crippen LogP contribution >= 0.6 is 0 Å². The molecule has 9 rings (SSSR count). The molecule has 0 saturated carbocycles. The van der Waals surface area contributed by atoms with Gasteiger partial charge in [0.2, 0.25) is 0 Å². The summed E-state index contributed by atoms with van der Waals surface area (Å²) in [5.74, 6) is 2.53. The van der Waals surface area contributed by atoms with Gasteiger partial charge in [0.05, 0.1) is 18.8 Å². The summed E-state index contributed by atoms with van der Waals surface area (Å²) in [6.45, 7) is 76.1. The van der Waals surface area contributed by atoms with E-state index in [1.807, 2.05) is 111 Å². The molecule has 6 aromatic heterocycles. The van der Waals surface area contributed by atoms with Crippen molar-refractivity contribution in [3.05, 3.63) is 172 Å². The van der Waals surface area contributed by atoms with Crippen molar-refractivity contribution in [1.82, 2.24) is 55.1 Å². The Bertz CT molecular complexity index is 3120. The van der Waals surface area contributed by atoms with Crippen LogP contribution in [-0.2, 0) is 42.0 Å².